The normalized spacial score (nSPS) is 10.0. The van der Waals surface area contributed by atoms with Crippen LogP contribution in [0.4, 0.5) is 0 Å². The molecule has 4 heteroatoms. The highest BCUT2D eigenvalue weighted by Crippen LogP contribution is 2.38. The van der Waals surface area contributed by atoms with Gasteiger partial charge in [-0.2, -0.15) is 0 Å². The summed E-state index contributed by atoms with van der Waals surface area (Å²) in [6.45, 7) is 2.43. The first kappa shape index (κ1) is 14.9. The van der Waals surface area contributed by atoms with E-state index in [1.807, 2.05) is 31.2 Å². The van der Waals surface area contributed by atoms with Crippen molar-refractivity contribution in [3.8, 4) is 17.2 Å². The number of carbonyl (C=O) groups excluding carboxylic acids is 1. The largest absolute Gasteiger partial charge is 0.493 e. The van der Waals surface area contributed by atoms with Gasteiger partial charge < -0.3 is 14.2 Å². The second-order valence-electron chi connectivity index (χ2n) is 4.59. The number of carbonyl (C=O) groups is 1. The van der Waals surface area contributed by atoms with E-state index in [4.69, 9.17) is 14.2 Å². The molecule has 0 N–H and O–H groups in total. The maximum absolute atomic E-state index is 10.9. The molecule has 0 spiro atoms. The first-order valence-electron chi connectivity index (χ1n) is 6.58. The third-order valence-corrected chi connectivity index (χ3v) is 3.25. The average Bonchev–Trinajstić information content (AvgIpc) is 2.53. The Bertz CT molecular complexity index is 609. The number of ether oxygens (including phenoxy) is 3. The zero-order valence-corrected chi connectivity index (χ0v) is 12.4. The molecule has 0 heterocycles. The van der Waals surface area contributed by atoms with Crippen LogP contribution in [0, 0.1) is 6.92 Å². The third-order valence-electron chi connectivity index (χ3n) is 3.25. The van der Waals surface area contributed by atoms with Gasteiger partial charge in [-0.15, -0.1) is 0 Å². The molecule has 0 unspecified atom stereocenters. The second-order valence-corrected chi connectivity index (χ2v) is 4.59. The van der Waals surface area contributed by atoms with E-state index in [0.29, 0.717) is 29.4 Å². The summed E-state index contributed by atoms with van der Waals surface area (Å²) in [5.74, 6) is 1.45. The maximum atomic E-state index is 10.9. The molecule has 0 aliphatic carbocycles. The van der Waals surface area contributed by atoms with Crippen LogP contribution in [0.25, 0.3) is 0 Å². The molecule has 0 aromatic heterocycles. The van der Waals surface area contributed by atoms with Crippen LogP contribution in [-0.4, -0.2) is 20.5 Å². The molecule has 0 saturated heterocycles. The van der Waals surface area contributed by atoms with Crippen molar-refractivity contribution in [1.29, 1.82) is 0 Å². The molecular formula is C17H18O4. The molecule has 110 valence electrons. The van der Waals surface area contributed by atoms with Gasteiger partial charge >= 0.3 is 0 Å². The van der Waals surface area contributed by atoms with Crippen molar-refractivity contribution in [2.45, 2.75) is 13.5 Å². The number of aldehydes is 1. The fraction of sp³-hybridized carbons (Fsp3) is 0.235. The molecule has 0 saturated carbocycles. The molecule has 4 nitrogen and oxygen atoms in total. The van der Waals surface area contributed by atoms with Gasteiger partial charge in [0, 0.05) is 5.56 Å². The van der Waals surface area contributed by atoms with Crippen molar-refractivity contribution in [1.82, 2.24) is 0 Å². The van der Waals surface area contributed by atoms with Crippen LogP contribution in [0.1, 0.15) is 21.5 Å². The van der Waals surface area contributed by atoms with Gasteiger partial charge in [-0.05, 0) is 30.2 Å². The molecule has 0 amide bonds. The molecule has 0 fully saturated rings. The van der Waals surface area contributed by atoms with Crippen molar-refractivity contribution in [2.24, 2.45) is 0 Å². The third kappa shape index (κ3) is 3.34. The number of benzene rings is 2. The van der Waals surface area contributed by atoms with Gasteiger partial charge in [-0.25, -0.2) is 0 Å². The second kappa shape index (κ2) is 6.79. The maximum Gasteiger partial charge on any atom is 0.203 e. The molecule has 0 aliphatic heterocycles. The van der Waals surface area contributed by atoms with Crippen LogP contribution in [-0.2, 0) is 6.61 Å². The highest BCUT2D eigenvalue weighted by Gasteiger charge is 2.14. The summed E-state index contributed by atoms with van der Waals surface area (Å²) in [5, 5.41) is 0. The van der Waals surface area contributed by atoms with E-state index in [0.717, 1.165) is 17.4 Å². The number of aryl methyl sites for hydroxylation is 1. The Hall–Kier alpha value is -2.49. The van der Waals surface area contributed by atoms with Gasteiger partial charge in [0.1, 0.15) is 12.9 Å². The van der Waals surface area contributed by atoms with Crippen LogP contribution in [0.3, 0.4) is 0 Å². The SMILES string of the molecule is COc1cc(C=O)cc(OC)c1OCc1ccccc1C. The van der Waals surface area contributed by atoms with E-state index in [2.05, 4.69) is 0 Å². The zero-order chi connectivity index (χ0) is 15.2. The summed E-state index contributed by atoms with van der Waals surface area (Å²) >= 11 is 0. The lowest BCUT2D eigenvalue weighted by atomic mass is 10.1. The minimum absolute atomic E-state index is 0.403. The lowest BCUT2D eigenvalue weighted by Gasteiger charge is -2.15. The summed E-state index contributed by atoms with van der Waals surface area (Å²) in [6, 6.07) is 11.2. The van der Waals surface area contributed by atoms with Gasteiger partial charge in [-0.3, -0.25) is 4.79 Å². The highest BCUT2D eigenvalue weighted by molar-refractivity contribution is 5.78. The zero-order valence-electron chi connectivity index (χ0n) is 12.4. The first-order valence-corrected chi connectivity index (χ1v) is 6.58. The lowest BCUT2D eigenvalue weighted by molar-refractivity contribution is 0.112. The van der Waals surface area contributed by atoms with Crippen molar-refractivity contribution in [2.75, 3.05) is 14.2 Å². The Balaban J connectivity index is 2.30. The minimum atomic E-state index is 0.403. The van der Waals surface area contributed by atoms with Crippen LogP contribution >= 0.6 is 0 Å². The number of rotatable bonds is 6. The van der Waals surface area contributed by atoms with Crippen LogP contribution in [0.15, 0.2) is 36.4 Å². The molecule has 2 rings (SSSR count). The van der Waals surface area contributed by atoms with E-state index >= 15 is 0 Å². The summed E-state index contributed by atoms with van der Waals surface area (Å²) < 4.78 is 16.4. The van der Waals surface area contributed by atoms with Crippen molar-refractivity contribution in [3.05, 3.63) is 53.1 Å². The van der Waals surface area contributed by atoms with Gasteiger partial charge in [0.05, 0.1) is 14.2 Å². The van der Waals surface area contributed by atoms with Crippen molar-refractivity contribution in [3.63, 3.8) is 0 Å². The molecule has 0 bridgehead atoms. The minimum Gasteiger partial charge on any atom is -0.493 e. The topological polar surface area (TPSA) is 44.8 Å². The Kier molecular flexibility index (Phi) is 4.82. The van der Waals surface area contributed by atoms with Gasteiger partial charge in [0.25, 0.3) is 0 Å². The van der Waals surface area contributed by atoms with E-state index in [1.54, 1.807) is 12.1 Å². The quantitative estimate of drug-likeness (QED) is 0.763. The summed E-state index contributed by atoms with van der Waals surface area (Å²) in [7, 11) is 3.06. The Morgan fingerprint density at radius 3 is 2.19 bits per heavy atom. The molecule has 0 aliphatic rings. The van der Waals surface area contributed by atoms with E-state index in [-0.39, 0.29) is 0 Å². The number of hydrogen-bond acceptors (Lipinski definition) is 4. The summed E-state index contributed by atoms with van der Waals surface area (Å²) in [5.41, 5.74) is 2.72. The Morgan fingerprint density at radius 1 is 1.05 bits per heavy atom. The lowest BCUT2D eigenvalue weighted by Crippen LogP contribution is -2.02. The molecule has 0 atom stereocenters. The number of methoxy groups -OCH3 is 2. The van der Waals surface area contributed by atoms with Gasteiger partial charge in [0.2, 0.25) is 5.75 Å². The standard InChI is InChI=1S/C17H18O4/c1-12-6-4-5-7-14(12)11-21-17-15(19-2)8-13(10-18)9-16(17)20-3/h4-10H,11H2,1-3H3. The predicted octanol–water partition coefficient (Wildman–Crippen LogP) is 3.40. The monoisotopic (exact) mass is 286 g/mol. The van der Waals surface area contributed by atoms with Crippen LogP contribution in [0.2, 0.25) is 0 Å². The summed E-state index contributed by atoms with van der Waals surface area (Å²) in [4.78, 5) is 10.9. The van der Waals surface area contributed by atoms with Gasteiger partial charge in [0.15, 0.2) is 11.5 Å². The number of hydrogen-bond donors (Lipinski definition) is 0. The fourth-order valence-electron chi connectivity index (χ4n) is 2.03. The van der Waals surface area contributed by atoms with E-state index < -0.39 is 0 Å². The Morgan fingerprint density at radius 2 is 1.67 bits per heavy atom. The van der Waals surface area contributed by atoms with Crippen LogP contribution in [0.5, 0.6) is 17.2 Å². The van der Waals surface area contributed by atoms with Crippen molar-refractivity contribution >= 4 is 6.29 Å². The summed E-state index contributed by atoms with van der Waals surface area (Å²) in [6.07, 6.45) is 0.746. The predicted molar refractivity (Wildman–Crippen MR) is 80.4 cm³/mol. The molecule has 21 heavy (non-hydrogen) atoms. The van der Waals surface area contributed by atoms with Gasteiger partial charge in [-0.1, -0.05) is 24.3 Å². The average molecular weight is 286 g/mol. The van der Waals surface area contributed by atoms with E-state index in [1.165, 1.54) is 14.2 Å². The fourth-order valence-corrected chi connectivity index (χ4v) is 2.03. The smallest absolute Gasteiger partial charge is 0.203 e. The van der Waals surface area contributed by atoms with E-state index in [9.17, 15) is 4.79 Å². The highest BCUT2D eigenvalue weighted by atomic mass is 16.5. The van der Waals surface area contributed by atoms with Crippen LogP contribution < -0.4 is 14.2 Å². The van der Waals surface area contributed by atoms with Crippen molar-refractivity contribution < 1.29 is 19.0 Å². The Labute approximate surface area is 124 Å². The molecule has 0 radical (unpaired) electrons. The first-order chi connectivity index (χ1) is 10.2. The molecule has 2 aromatic carbocycles. The molecule has 2 aromatic rings. The molecular weight excluding hydrogens is 268 g/mol.